The molecule has 0 aromatic heterocycles. The molecule has 0 saturated heterocycles. The van der Waals surface area contributed by atoms with Gasteiger partial charge in [-0.1, -0.05) is 90.2 Å². The lowest BCUT2D eigenvalue weighted by Crippen LogP contribution is -2.18. The van der Waals surface area contributed by atoms with E-state index in [1.165, 1.54) is 11.1 Å². The van der Waals surface area contributed by atoms with Crippen molar-refractivity contribution in [1.82, 2.24) is 0 Å². The third kappa shape index (κ3) is 2.14. The SMILES string of the molecule is CCC(I)(c1ccccc1)c1ccccc1. The molecular formula is C15H15I. The van der Waals surface area contributed by atoms with Gasteiger partial charge in [-0.25, -0.2) is 0 Å². The summed E-state index contributed by atoms with van der Waals surface area (Å²) in [4.78, 5) is 0. The first-order valence-electron chi connectivity index (χ1n) is 5.57. The van der Waals surface area contributed by atoms with Gasteiger partial charge in [0.1, 0.15) is 0 Å². The van der Waals surface area contributed by atoms with Crippen molar-refractivity contribution in [3.63, 3.8) is 0 Å². The van der Waals surface area contributed by atoms with Crippen LogP contribution < -0.4 is 0 Å². The summed E-state index contributed by atoms with van der Waals surface area (Å²) >= 11 is 2.57. The third-order valence-electron chi connectivity index (χ3n) is 2.95. The maximum atomic E-state index is 2.57. The highest BCUT2D eigenvalue weighted by atomic mass is 127. The van der Waals surface area contributed by atoms with Crippen LogP contribution in [-0.4, -0.2) is 0 Å². The first kappa shape index (κ1) is 11.6. The Morgan fingerprint density at radius 2 is 1.19 bits per heavy atom. The molecule has 0 aliphatic heterocycles. The van der Waals surface area contributed by atoms with Crippen LogP contribution in [0.25, 0.3) is 0 Å². The van der Waals surface area contributed by atoms with Crippen molar-refractivity contribution in [2.24, 2.45) is 0 Å². The molecule has 0 unspecified atom stereocenters. The number of hydrogen-bond acceptors (Lipinski definition) is 0. The van der Waals surface area contributed by atoms with E-state index in [-0.39, 0.29) is 3.42 Å². The Kier molecular flexibility index (Phi) is 3.64. The maximum absolute atomic E-state index is 2.57. The highest BCUT2D eigenvalue weighted by Crippen LogP contribution is 2.41. The van der Waals surface area contributed by atoms with E-state index in [1.807, 2.05) is 0 Å². The van der Waals surface area contributed by atoms with Gasteiger partial charge in [0.15, 0.2) is 0 Å². The number of hydrogen-bond donors (Lipinski definition) is 0. The Morgan fingerprint density at radius 3 is 1.50 bits per heavy atom. The summed E-state index contributed by atoms with van der Waals surface area (Å²) < 4.78 is 0.0975. The second-order valence-electron chi connectivity index (χ2n) is 3.89. The Bertz CT molecular complexity index is 394. The number of alkyl halides is 1. The van der Waals surface area contributed by atoms with Gasteiger partial charge in [-0.2, -0.15) is 0 Å². The highest BCUT2D eigenvalue weighted by molar-refractivity contribution is 14.1. The van der Waals surface area contributed by atoms with Crippen molar-refractivity contribution in [1.29, 1.82) is 0 Å². The van der Waals surface area contributed by atoms with E-state index < -0.39 is 0 Å². The number of benzene rings is 2. The predicted octanol–water partition coefficient (Wildman–Crippen LogP) is 4.78. The van der Waals surface area contributed by atoms with Crippen molar-refractivity contribution in [3.8, 4) is 0 Å². The van der Waals surface area contributed by atoms with Gasteiger partial charge >= 0.3 is 0 Å². The first-order valence-corrected chi connectivity index (χ1v) is 6.65. The predicted molar refractivity (Wildman–Crippen MR) is 78.0 cm³/mol. The molecule has 0 fully saturated rings. The lowest BCUT2D eigenvalue weighted by atomic mass is 9.89. The minimum absolute atomic E-state index is 0.0975. The van der Waals surface area contributed by atoms with Crippen LogP contribution in [0.5, 0.6) is 0 Å². The van der Waals surface area contributed by atoms with Crippen molar-refractivity contribution in [3.05, 3.63) is 71.8 Å². The molecule has 2 aromatic rings. The molecule has 0 heterocycles. The summed E-state index contributed by atoms with van der Waals surface area (Å²) in [6.07, 6.45) is 1.10. The van der Waals surface area contributed by atoms with Crippen molar-refractivity contribution in [2.45, 2.75) is 16.8 Å². The van der Waals surface area contributed by atoms with Crippen molar-refractivity contribution in [2.75, 3.05) is 0 Å². The molecule has 0 spiro atoms. The summed E-state index contributed by atoms with van der Waals surface area (Å²) in [7, 11) is 0. The van der Waals surface area contributed by atoms with Crippen LogP contribution >= 0.6 is 22.6 Å². The molecule has 16 heavy (non-hydrogen) atoms. The fourth-order valence-corrected chi connectivity index (χ4v) is 2.70. The molecule has 2 aromatic carbocycles. The Balaban J connectivity index is 2.49. The lowest BCUT2D eigenvalue weighted by molar-refractivity contribution is 0.745. The molecule has 2 rings (SSSR count). The zero-order valence-electron chi connectivity index (χ0n) is 9.36. The second kappa shape index (κ2) is 5.00. The van der Waals surface area contributed by atoms with Crippen LogP contribution in [0, 0.1) is 0 Å². The summed E-state index contributed by atoms with van der Waals surface area (Å²) in [6, 6.07) is 21.4. The molecule has 0 N–H and O–H groups in total. The van der Waals surface area contributed by atoms with E-state index in [0.717, 1.165) is 6.42 Å². The van der Waals surface area contributed by atoms with E-state index in [9.17, 15) is 0 Å². The summed E-state index contributed by atoms with van der Waals surface area (Å²) in [5.41, 5.74) is 2.76. The van der Waals surface area contributed by atoms with Gasteiger partial charge in [0.2, 0.25) is 0 Å². The minimum Gasteiger partial charge on any atom is -0.0684 e. The fourth-order valence-electron chi connectivity index (χ4n) is 1.98. The van der Waals surface area contributed by atoms with E-state index >= 15 is 0 Å². The van der Waals surface area contributed by atoms with E-state index in [0.29, 0.717) is 0 Å². The summed E-state index contributed by atoms with van der Waals surface area (Å²) in [5.74, 6) is 0. The zero-order chi connectivity index (χ0) is 11.4. The van der Waals surface area contributed by atoms with Crippen LogP contribution in [0.2, 0.25) is 0 Å². The molecule has 0 aliphatic rings. The molecule has 0 amide bonds. The van der Waals surface area contributed by atoms with Gasteiger partial charge in [-0.05, 0) is 17.5 Å². The number of rotatable bonds is 3. The summed E-state index contributed by atoms with van der Waals surface area (Å²) in [5, 5.41) is 0. The Morgan fingerprint density at radius 1 is 0.812 bits per heavy atom. The average Bonchev–Trinajstić information content (AvgIpc) is 2.40. The van der Waals surface area contributed by atoms with Gasteiger partial charge < -0.3 is 0 Å². The lowest BCUT2D eigenvalue weighted by Gasteiger charge is -2.27. The topological polar surface area (TPSA) is 0 Å². The molecule has 0 nitrogen and oxygen atoms in total. The first-order chi connectivity index (χ1) is 7.77. The molecule has 0 saturated carbocycles. The Labute approximate surface area is 111 Å². The summed E-state index contributed by atoms with van der Waals surface area (Å²) in [6.45, 7) is 2.24. The van der Waals surface area contributed by atoms with Crippen LogP contribution in [0.1, 0.15) is 24.5 Å². The Hall–Kier alpha value is -0.830. The van der Waals surface area contributed by atoms with Gasteiger partial charge in [0.05, 0.1) is 3.42 Å². The van der Waals surface area contributed by atoms with E-state index in [2.05, 4.69) is 90.2 Å². The number of halogens is 1. The van der Waals surface area contributed by atoms with Crippen LogP contribution in [0.3, 0.4) is 0 Å². The van der Waals surface area contributed by atoms with Crippen molar-refractivity contribution >= 4 is 22.6 Å². The monoisotopic (exact) mass is 322 g/mol. The fraction of sp³-hybridized carbons (Fsp3) is 0.200. The molecule has 0 atom stereocenters. The quantitative estimate of drug-likeness (QED) is 0.564. The molecule has 0 aliphatic carbocycles. The zero-order valence-corrected chi connectivity index (χ0v) is 11.5. The molecule has 0 bridgehead atoms. The van der Waals surface area contributed by atoms with Gasteiger partial charge in [-0.15, -0.1) is 0 Å². The molecule has 82 valence electrons. The van der Waals surface area contributed by atoms with Crippen LogP contribution in [0.15, 0.2) is 60.7 Å². The van der Waals surface area contributed by atoms with Gasteiger partial charge in [-0.3, -0.25) is 0 Å². The van der Waals surface area contributed by atoms with Gasteiger partial charge in [0, 0.05) is 0 Å². The standard InChI is InChI=1S/C15H15I/c1-2-15(16,13-9-5-3-6-10-13)14-11-7-4-8-12-14/h3-12H,2H2,1H3. The van der Waals surface area contributed by atoms with Crippen LogP contribution in [-0.2, 0) is 3.42 Å². The van der Waals surface area contributed by atoms with E-state index in [1.54, 1.807) is 0 Å². The maximum Gasteiger partial charge on any atom is 0.0716 e. The second-order valence-corrected chi connectivity index (χ2v) is 5.73. The third-order valence-corrected chi connectivity index (χ3v) is 4.96. The van der Waals surface area contributed by atoms with Crippen LogP contribution in [0.4, 0.5) is 0 Å². The largest absolute Gasteiger partial charge is 0.0716 e. The normalized spacial score (nSPS) is 11.4. The highest BCUT2D eigenvalue weighted by Gasteiger charge is 2.28. The average molecular weight is 322 g/mol. The smallest absolute Gasteiger partial charge is 0.0684 e. The van der Waals surface area contributed by atoms with Gasteiger partial charge in [0.25, 0.3) is 0 Å². The molecule has 0 radical (unpaired) electrons. The minimum atomic E-state index is 0.0975. The molecule has 1 heteroatoms. The van der Waals surface area contributed by atoms with E-state index in [4.69, 9.17) is 0 Å². The van der Waals surface area contributed by atoms with Crippen molar-refractivity contribution < 1.29 is 0 Å². The molecular weight excluding hydrogens is 307 g/mol.